The number of carbonyl (C=O) groups is 9. The first-order valence-corrected chi connectivity index (χ1v) is 30.1. The highest BCUT2D eigenvalue weighted by atomic mass is 35.5. The molecule has 4 N–H and O–H groups in total. The fourth-order valence-electron chi connectivity index (χ4n) is 9.09. The minimum atomic E-state index is -1.60. The van der Waals surface area contributed by atoms with Crippen molar-refractivity contribution in [1.29, 1.82) is 0 Å². The highest BCUT2D eigenvalue weighted by Crippen LogP contribution is 2.41. The van der Waals surface area contributed by atoms with Crippen molar-refractivity contribution in [2.75, 3.05) is 54.0 Å². The normalized spacial score (nSPS) is 15.6. The Morgan fingerprint density at radius 2 is 1.23 bits per heavy atom. The SMILES string of the molecule is COC(=O)[C@@H]1Cc2ccc(OC(=O)OC(C)(C)C)c(c2)-c2cc(ccc2OCCN(CCN(C)C(=O)OC(C)(C)C)C(=O)OC(C)(C)C)[C@H](N(C)C(=O)[C@H](CCCCNC(=O)OC(C)(C)C)NC(=O)c2ccc(-c3ccc(Cl)cc3)cc2)C(=O)N[C@@H](C)C(=O)N1. The van der Waals surface area contributed by atoms with Crippen molar-refractivity contribution in [3.63, 3.8) is 0 Å². The summed E-state index contributed by atoms with van der Waals surface area (Å²) >= 11 is 6.14. The third-order valence-electron chi connectivity index (χ3n) is 13.4. The average Bonchev–Trinajstić information content (AvgIpc) is 0.956. The summed E-state index contributed by atoms with van der Waals surface area (Å²) in [6.07, 6.45) is -2.55. The minimum absolute atomic E-state index is 0.00969. The predicted octanol–water partition coefficient (Wildman–Crippen LogP) is 10.2. The van der Waals surface area contributed by atoms with Gasteiger partial charge < -0.3 is 69.1 Å². The van der Waals surface area contributed by atoms with E-state index in [1.807, 2.05) is 12.1 Å². The molecule has 0 saturated carbocycles. The van der Waals surface area contributed by atoms with Crippen molar-refractivity contribution in [1.82, 2.24) is 36.0 Å². The first-order chi connectivity index (χ1) is 41.9. The molecule has 7 amide bonds. The molecule has 0 spiro atoms. The second kappa shape index (κ2) is 31.2. The highest BCUT2D eigenvalue weighted by molar-refractivity contribution is 6.30. The number of rotatable bonds is 19. The van der Waals surface area contributed by atoms with Gasteiger partial charge >= 0.3 is 30.4 Å². The van der Waals surface area contributed by atoms with Gasteiger partial charge in [-0.05, 0) is 180 Å². The maximum absolute atomic E-state index is 15.4. The molecule has 24 heteroatoms. The van der Waals surface area contributed by atoms with Crippen LogP contribution >= 0.6 is 11.6 Å². The third-order valence-corrected chi connectivity index (χ3v) is 13.7. The van der Waals surface area contributed by atoms with E-state index in [0.717, 1.165) is 23.1 Å². The molecule has 0 aromatic heterocycles. The van der Waals surface area contributed by atoms with Crippen molar-refractivity contribution < 1.29 is 76.3 Å². The number of amides is 7. The lowest BCUT2D eigenvalue weighted by Crippen LogP contribution is -2.55. The van der Waals surface area contributed by atoms with E-state index in [0.29, 0.717) is 17.0 Å². The summed E-state index contributed by atoms with van der Waals surface area (Å²) in [7, 11) is 4.05. The standard InChI is InChI=1S/C66H88ClN7O16/c1-40-54(75)71-50(58(79)84-16)38-41-20-30-52(86-62(83)90-66(11,12)13)47(37-41)48-39-45(27-31-51(48)85-36-35-74(61(82)89-65(8,9)10)34-33-72(14)60(81)88-64(5,6)7)53(56(77)69-40)73(15)57(78)49(19-17-18-32-68-59(80)87-63(2,3)4)70-55(76)44-23-21-42(22-24-44)43-25-28-46(67)29-26-43/h20-31,37,39-40,49-50,53H,17-19,32-36,38H2,1-16H3,(H,68,80)(H,69,77)(H,70,76)(H,71,75)/t40-,49-,50-,53-/m0/s1. The molecule has 0 saturated heterocycles. The van der Waals surface area contributed by atoms with Crippen molar-refractivity contribution in [3.05, 3.63) is 107 Å². The monoisotopic (exact) mass is 1270 g/mol. The Labute approximate surface area is 532 Å². The number of nitrogens with one attached hydrogen (secondary N) is 4. The Morgan fingerprint density at radius 1 is 0.656 bits per heavy atom. The Bertz CT molecular complexity index is 3200. The van der Waals surface area contributed by atoms with E-state index in [-0.39, 0.29) is 85.8 Å². The van der Waals surface area contributed by atoms with E-state index in [9.17, 15) is 33.6 Å². The fourth-order valence-corrected chi connectivity index (χ4v) is 9.22. The number of nitrogens with zero attached hydrogens (tertiary/aromatic N) is 3. The average molecular weight is 1270 g/mol. The van der Waals surface area contributed by atoms with Gasteiger partial charge in [0.25, 0.3) is 5.91 Å². The van der Waals surface area contributed by atoms with Crippen LogP contribution in [0.5, 0.6) is 11.5 Å². The minimum Gasteiger partial charge on any atom is -0.491 e. The number of hydrogen-bond acceptors (Lipinski definition) is 16. The van der Waals surface area contributed by atoms with Crippen molar-refractivity contribution in [2.24, 2.45) is 0 Å². The van der Waals surface area contributed by atoms with Gasteiger partial charge in [-0.2, -0.15) is 0 Å². The van der Waals surface area contributed by atoms with Crippen LogP contribution in [-0.4, -0.2) is 163 Å². The summed E-state index contributed by atoms with van der Waals surface area (Å²) in [5, 5.41) is 11.6. The number of unbranched alkanes of at least 4 members (excludes halogenated alkanes) is 1. The lowest BCUT2D eigenvalue weighted by molar-refractivity contribution is -0.145. The Hall–Kier alpha value is -8.60. The molecule has 0 unspecified atom stereocenters. The summed E-state index contributed by atoms with van der Waals surface area (Å²) in [5.41, 5.74) is -0.687. The van der Waals surface area contributed by atoms with E-state index in [1.165, 1.54) is 55.1 Å². The number of fused-ring (bicyclic) bond motifs is 5. The van der Waals surface area contributed by atoms with E-state index in [1.54, 1.807) is 132 Å². The van der Waals surface area contributed by atoms with E-state index in [2.05, 4.69) is 21.3 Å². The summed E-state index contributed by atoms with van der Waals surface area (Å²) in [4.78, 5) is 129. The van der Waals surface area contributed by atoms with Gasteiger partial charge in [-0.15, -0.1) is 0 Å². The number of ether oxygens (including phenoxy) is 7. The smallest absolute Gasteiger partial charge is 0.491 e. The molecule has 4 bridgehead atoms. The Balaban J connectivity index is 1.66. The second-order valence-electron chi connectivity index (χ2n) is 25.8. The van der Waals surface area contributed by atoms with Crippen LogP contribution in [0.4, 0.5) is 19.2 Å². The molecule has 5 rings (SSSR count). The third kappa shape index (κ3) is 22.8. The molecule has 0 fully saturated rings. The maximum atomic E-state index is 15.4. The number of hydrogen-bond donors (Lipinski definition) is 4. The van der Waals surface area contributed by atoms with E-state index < -0.39 is 101 Å². The lowest BCUT2D eigenvalue weighted by Gasteiger charge is -2.33. The van der Waals surface area contributed by atoms with Crippen LogP contribution in [0.25, 0.3) is 22.3 Å². The van der Waals surface area contributed by atoms with Gasteiger partial charge in [0, 0.05) is 61.9 Å². The molecule has 0 radical (unpaired) electrons. The second-order valence-corrected chi connectivity index (χ2v) is 26.2. The first kappa shape index (κ1) is 72.1. The highest BCUT2D eigenvalue weighted by Gasteiger charge is 2.37. The molecule has 1 heterocycles. The summed E-state index contributed by atoms with van der Waals surface area (Å²) < 4.78 is 39.9. The molecule has 23 nitrogen and oxygen atoms in total. The van der Waals surface area contributed by atoms with Crippen LogP contribution in [0.3, 0.4) is 0 Å². The van der Waals surface area contributed by atoms with Gasteiger partial charge in [-0.25, -0.2) is 24.0 Å². The van der Waals surface area contributed by atoms with Gasteiger partial charge in [0.2, 0.25) is 17.7 Å². The zero-order chi connectivity index (χ0) is 67.1. The van der Waals surface area contributed by atoms with Crippen LogP contribution in [0.1, 0.15) is 137 Å². The number of benzene rings is 4. The molecule has 0 aliphatic carbocycles. The van der Waals surface area contributed by atoms with Gasteiger partial charge in [0.1, 0.15) is 64.7 Å². The zero-order valence-electron chi connectivity index (χ0n) is 54.5. The van der Waals surface area contributed by atoms with Crippen molar-refractivity contribution >= 4 is 65.6 Å². The van der Waals surface area contributed by atoms with E-state index in [4.69, 9.17) is 44.8 Å². The largest absolute Gasteiger partial charge is 0.514 e. The molecule has 1 aliphatic rings. The molecule has 490 valence electrons. The Morgan fingerprint density at radius 3 is 1.83 bits per heavy atom. The van der Waals surface area contributed by atoms with Crippen molar-refractivity contribution in [2.45, 2.75) is 162 Å². The number of esters is 1. The van der Waals surface area contributed by atoms with E-state index >= 15 is 9.59 Å². The van der Waals surface area contributed by atoms with Gasteiger partial charge in [0.15, 0.2) is 0 Å². The number of alkyl carbamates (subject to hydrolysis) is 1. The van der Waals surface area contributed by atoms with Crippen LogP contribution in [-0.2, 0) is 49.3 Å². The number of carbonyl (C=O) groups excluding carboxylic acids is 9. The molecule has 4 aromatic carbocycles. The molecule has 4 aromatic rings. The van der Waals surface area contributed by atoms with Crippen molar-refractivity contribution in [3.8, 4) is 33.8 Å². The quantitative estimate of drug-likeness (QED) is 0.0294. The maximum Gasteiger partial charge on any atom is 0.514 e. The molecule has 4 atom stereocenters. The zero-order valence-corrected chi connectivity index (χ0v) is 55.3. The topological polar surface area (TPSA) is 276 Å². The van der Waals surface area contributed by atoms with Gasteiger partial charge in [-0.3, -0.25) is 19.2 Å². The fraction of sp³-hybridized carbons (Fsp3) is 0.500. The molecular weight excluding hydrogens is 1180 g/mol. The number of methoxy groups -OCH3 is 1. The summed E-state index contributed by atoms with van der Waals surface area (Å²) in [6, 6.07) is 17.6. The first-order valence-electron chi connectivity index (χ1n) is 29.7. The number of likely N-dealkylation sites (N-methyl/N-ethyl adjacent to an activating group) is 2. The predicted molar refractivity (Wildman–Crippen MR) is 338 cm³/mol. The van der Waals surface area contributed by atoms with Gasteiger partial charge in [-0.1, -0.05) is 48.0 Å². The van der Waals surface area contributed by atoms with Crippen LogP contribution in [0.15, 0.2) is 84.9 Å². The van der Waals surface area contributed by atoms with Crippen LogP contribution in [0.2, 0.25) is 5.02 Å². The van der Waals surface area contributed by atoms with Gasteiger partial charge in [0.05, 0.1) is 13.7 Å². The number of halogens is 1. The molecule has 90 heavy (non-hydrogen) atoms. The summed E-state index contributed by atoms with van der Waals surface area (Å²) in [6.45, 7) is 21.8. The lowest BCUT2D eigenvalue weighted by atomic mass is 9.93. The molecule has 1 aliphatic heterocycles. The summed E-state index contributed by atoms with van der Waals surface area (Å²) in [5.74, 6) is -3.78. The Kier molecular flexibility index (Phi) is 25.0. The van der Waals surface area contributed by atoms with Crippen LogP contribution in [0, 0.1) is 0 Å². The van der Waals surface area contributed by atoms with Crippen LogP contribution < -0.4 is 30.7 Å². The molecular formula is C66H88ClN7O16.